The number of hydrogen-bond donors (Lipinski definition) is 2. The summed E-state index contributed by atoms with van der Waals surface area (Å²) in [6, 6.07) is 3.27. The van der Waals surface area contributed by atoms with Crippen molar-refractivity contribution in [3.05, 3.63) is 35.4 Å². The van der Waals surface area contributed by atoms with Gasteiger partial charge in [-0.3, -0.25) is 4.79 Å². The Hall–Kier alpha value is -1.49. The van der Waals surface area contributed by atoms with Gasteiger partial charge in [-0.2, -0.15) is 0 Å². The highest BCUT2D eigenvalue weighted by Gasteiger charge is 2.23. The molecule has 0 saturated heterocycles. The predicted octanol–water partition coefficient (Wildman–Crippen LogP) is 1.57. The van der Waals surface area contributed by atoms with E-state index in [1.807, 2.05) is 0 Å². The van der Waals surface area contributed by atoms with Crippen LogP contribution in [0.25, 0.3) is 0 Å². The quantitative estimate of drug-likeness (QED) is 0.824. The van der Waals surface area contributed by atoms with Crippen LogP contribution in [-0.4, -0.2) is 18.0 Å². The van der Waals surface area contributed by atoms with E-state index in [0.29, 0.717) is 0 Å². The standard InChI is InChI=1S/C12H14F2N2O/c13-10-4-1-7(5-11(10)14)12(17)16-9-3-2-8(15)6-9/h1,4-5,8-9H,2-3,6,15H2,(H,16,17). The molecule has 0 heterocycles. The molecular weight excluding hydrogens is 226 g/mol. The monoisotopic (exact) mass is 240 g/mol. The first-order valence-electron chi connectivity index (χ1n) is 5.58. The predicted molar refractivity (Wildman–Crippen MR) is 59.4 cm³/mol. The van der Waals surface area contributed by atoms with Crippen LogP contribution in [0, 0.1) is 11.6 Å². The molecule has 1 aliphatic carbocycles. The maximum absolute atomic E-state index is 12.9. The van der Waals surface area contributed by atoms with E-state index in [4.69, 9.17) is 5.73 Å². The molecule has 1 fully saturated rings. The molecule has 1 amide bonds. The SMILES string of the molecule is NC1CCC(NC(=O)c2ccc(F)c(F)c2)C1. The van der Waals surface area contributed by atoms with Crippen LogP contribution in [0.4, 0.5) is 8.78 Å². The van der Waals surface area contributed by atoms with Crippen LogP contribution in [0.5, 0.6) is 0 Å². The Labute approximate surface area is 98.0 Å². The average molecular weight is 240 g/mol. The summed E-state index contributed by atoms with van der Waals surface area (Å²) in [5, 5.41) is 2.76. The summed E-state index contributed by atoms with van der Waals surface area (Å²) in [5.41, 5.74) is 5.85. The first kappa shape index (κ1) is 12.0. The maximum Gasteiger partial charge on any atom is 0.251 e. The van der Waals surface area contributed by atoms with Crippen LogP contribution < -0.4 is 11.1 Å². The summed E-state index contributed by atoms with van der Waals surface area (Å²) in [6.07, 6.45) is 2.44. The fourth-order valence-electron chi connectivity index (χ4n) is 2.05. The van der Waals surface area contributed by atoms with E-state index in [1.165, 1.54) is 6.07 Å². The lowest BCUT2D eigenvalue weighted by atomic mass is 10.1. The van der Waals surface area contributed by atoms with Crippen molar-refractivity contribution in [2.24, 2.45) is 5.73 Å². The minimum Gasteiger partial charge on any atom is -0.349 e. The number of halogens is 2. The molecule has 0 aromatic heterocycles. The second kappa shape index (κ2) is 4.79. The summed E-state index contributed by atoms with van der Waals surface area (Å²) in [4.78, 5) is 11.7. The third-order valence-corrected chi connectivity index (χ3v) is 2.99. The molecule has 1 aromatic carbocycles. The Balaban J connectivity index is 2.02. The highest BCUT2D eigenvalue weighted by atomic mass is 19.2. The molecule has 0 aliphatic heterocycles. The molecule has 3 N–H and O–H groups in total. The molecule has 1 saturated carbocycles. The lowest BCUT2D eigenvalue weighted by Gasteiger charge is -2.12. The molecule has 17 heavy (non-hydrogen) atoms. The van der Waals surface area contributed by atoms with E-state index in [2.05, 4.69) is 5.32 Å². The van der Waals surface area contributed by atoms with E-state index in [9.17, 15) is 13.6 Å². The molecular formula is C12H14F2N2O. The van der Waals surface area contributed by atoms with Crippen molar-refractivity contribution >= 4 is 5.91 Å². The van der Waals surface area contributed by atoms with Crippen LogP contribution in [0.15, 0.2) is 18.2 Å². The number of hydrogen-bond acceptors (Lipinski definition) is 2. The summed E-state index contributed by atoms with van der Waals surface area (Å²) in [7, 11) is 0. The number of amides is 1. The lowest BCUT2D eigenvalue weighted by Crippen LogP contribution is -2.34. The Morgan fingerprint density at radius 2 is 2.06 bits per heavy atom. The van der Waals surface area contributed by atoms with Crippen molar-refractivity contribution in [3.63, 3.8) is 0 Å². The van der Waals surface area contributed by atoms with Crippen molar-refractivity contribution in [3.8, 4) is 0 Å². The van der Waals surface area contributed by atoms with Gasteiger partial charge in [0.1, 0.15) is 0 Å². The van der Waals surface area contributed by atoms with E-state index < -0.39 is 11.6 Å². The first-order valence-corrected chi connectivity index (χ1v) is 5.58. The fraction of sp³-hybridized carbons (Fsp3) is 0.417. The molecule has 92 valence electrons. The maximum atomic E-state index is 12.9. The molecule has 5 heteroatoms. The van der Waals surface area contributed by atoms with Crippen molar-refractivity contribution in [2.75, 3.05) is 0 Å². The van der Waals surface area contributed by atoms with Gasteiger partial charge in [-0.15, -0.1) is 0 Å². The lowest BCUT2D eigenvalue weighted by molar-refractivity contribution is 0.0937. The third kappa shape index (κ3) is 2.79. The number of carbonyl (C=O) groups excluding carboxylic acids is 1. The Kier molecular flexibility index (Phi) is 3.38. The minimum absolute atomic E-state index is 0.0330. The third-order valence-electron chi connectivity index (χ3n) is 2.99. The van der Waals surface area contributed by atoms with Crippen LogP contribution in [0.1, 0.15) is 29.6 Å². The van der Waals surface area contributed by atoms with Gasteiger partial charge in [-0.05, 0) is 37.5 Å². The van der Waals surface area contributed by atoms with Crippen molar-refractivity contribution in [1.29, 1.82) is 0 Å². The van der Waals surface area contributed by atoms with Crippen LogP contribution in [0.3, 0.4) is 0 Å². The van der Waals surface area contributed by atoms with Crippen molar-refractivity contribution in [1.82, 2.24) is 5.32 Å². The Bertz CT molecular complexity index is 437. The van der Waals surface area contributed by atoms with Gasteiger partial charge in [0.2, 0.25) is 0 Å². The van der Waals surface area contributed by atoms with Gasteiger partial charge in [0.05, 0.1) is 0 Å². The zero-order valence-corrected chi connectivity index (χ0v) is 9.25. The van der Waals surface area contributed by atoms with Gasteiger partial charge in [0.25, 0.3) is 5.91 Å². The fourth-order valence-corrected chi connectivity index (χ4v) is 2.05. The normalized spacial score (nSPS) is 23.7. The van der Waals surface area contributed by atoms with Gasteiger partial charge >= 0.3 is 0 Å². The van der Waals surface area contributed by atoms with Gasteiger partial charge in [-0.25, -0.2) is 8.78 Å². The zero-order valence-electron chi connectivity index (χ0n) is 9.25. The van der Waals surface area contributed by atoms with Crippen LogP contribution in [-0.2, 0) is 0 Å². The van der Waals surface area contributed by atoms with Crippen molar-refractivity contribution < 1.29 is 13.6 Å². The van der Waals surface area contributed by atoms with Crippen LogP contribution in [0.2, 0.25) is 0 Å². The van der Waals surface area contributed by atoms with Gasteiger partial charge in [0, 0.05) is 17.6 Å². The van der Waals surface area contributed by atoms with Gasteiger partial charge in [-0.1, -0.05) is 0 Å². The van der Waals surface area contributed by atoms with E-state index >= 15 is 0 Å². The highest BCUT2D eigenvalue weighted by Crippen LogP contribution is 2.18. The second-order valence-electron chi connectivity index (χ2n) is 4.37. The number of carbonyl (C=O) groups is 1. The molecule has 2 rings (SSSR count). The van der Waals surface area contributed by atoms with Crippen molar-refractivity contribution in [2.45, 2.75) is 31.3 Å². The minimum atomic E-state index is -1.01. The van der Waals surface area contributed by atoms with E-state index in [-0.39, 0.29) is 23.6 Å². The molecule has 3 nitrogen and oxygen atoms in total. The summed E-state index contributed by atoms with van der Waals surface area (Å²) in [6.45, 7) is 0. The first-order chi connectivity index (χ1) is 8.06. The molecule has 2 unspecified atom stereocenters. The Morgan fingerprint density at radius 1 is 1.29 bits per heavy atom. The Morgan fingerprint density at radius 3 is 2.65 bits per heavy atom. The largest absolute Gasteiger partial charge is 0.349 e. The van der Waals surface area contributed by atoms with E-state index in [0.717, 1.165) is 31.4 Å². The molecule has 0 bridgehead atoms. The number of rotatable bonds is 2. The topological polar surface area (TPSA) is 55.1 Å². The van der Waals surface area contributed by atoms with E-state index in [1.54, 1.807) is 0 Å². The molecule has 2 atom stereocenters. The summed E-state index contributed by atoms with van der Waals surface area (Å²) in [5.74, 6) is -2.35. The smallest absolute Gasteiger partial charge is 0.251 e. The van der Waals surface area contributed by atoms with Crippen LogP contribution >= 0.6 is 0 Å². The summed E-state index contributed by atoms with van der Waals surface area (Å²) < 4.78 is 25.6. The number of benzene rings is 1. The molecule has 0 spiro atoms. The average Bonchev–Trinajstić information content (AvgIpc) is 2.68. The van der Waals surface area contributed by atoms with Gasteiger partial charge in [0.15, 0.2) is 11.6 Å². The van der Waals surface area contributed by atoms with Gasteiger partial charge < -0.3 is 11.1 Å². The number of nitrogens with two attached hydrogens (primary N) is 1. The summed E-state index contributed by atoms with van der Waals surface area (Å²) >= 11 is 0. The molecule has 1 aromatic rings. The number of nitrogens with one attached hydrogen (secondary N) is 1. The highest BCUT2D eigenvalue weighted by molar-refractivity contribution is 5.94. The second-order valence-corrected chi connectivity index (χ2v) is 4.37. The zero-order chi connectivity index (χ0) is 12.4. The molecule has 1 aliphatic rings. The molecule has 0 radical (unpaired) electrons.